The normalized spacial score (nSPS) is 9.94. The predicted octanol–water partition coefficient (Wildman–Crippen LogP) is 3.41. The van der Waals surface area contributed by atoms with Crippen molar-refractivity contribution in [2.75, 3.05) is 0 Å². The molecule has 0 fully saturated rings. The number of hydrogen-bond donors (Lipinski definition) is 0. The molecule has 2 nitrogen and oxygen atoms in total. The Kier molecular flexibility index (Phi) is 3.35. The molecule has 3 heteroatoms. The van der Waals surface area contributed by atoms with Gasteiger partial charge >= 0.3 is 0 Å². The smallest absolute Gasteiger partial charge is 0.233 e. The van der Waals surface area contributed by atoms with E-state index in [-0.39, 0.29) is 0 Å². The Labute approximate surface area is 104 Å². The Morgan fingerprint density at radius 2 is 1.35 bits per heavy atom. The lowest BCUT2D eigenvalue weighted by Crippen LogP contribution is -2.14. The fourth-order valence-corrected chi connectivity index (χ4v) is 1.67. The Morgan fingerprint density at radius 3 is 2.00 bits per heavy atom. The van der Waals surface area contributed by atoms with E-state index in [1.54, 1.807) is 48.5 Å². The molecule has 2 aromatic rings. The van der Waals surface area contributed by atoms with Gasteiger partial charge in [-0.05, 0) is 12.1 Å². The third-order valence-electron chi connectivity index (χ3n) is 2.33. The molecule has 0 saturated heterocycles. The average Bonchev–Trinajstić information content (AvgIpc) is 2.38. The van der Waals surface area contributed by atoms with E-state index in [9.17, 15) is 9.59 Å². The summed E-state index contributed by atoms with van der Waals surface area (Å²) in [5, 5.41) is 0.441. The maximum absolute atomic E-state index is 11.9. The molecule has 0 heterocycles. The number of carbonyl (C=O) groups excluding carboxylic acids is 2. The standard InChI is InChI=1S/C14H9ClO2/c15-12-8-4-7-11(9-12)14(17)13(16)10-5-2-1-3-6-10/h1-9H. The molecule has 0 radical (unpaired) electrons. The molecule has 84 valence electrons. The van der Waals surface area contributed by atoms with E-state index in [1.165, 1.54) is 6.07 Å². The second kappa shape index (κ2) is 4.93. The Balaban J connectivity index is 2.30. The summed E-state index contributed by atoms with van der Waals surface area (Å²) >= 11 is 5.78. The highest BCUT2D eigenvalue weighted by Gasteiger charge is 2.17. The van der Waals surface area contributed by atoms with Crippen molar-refractivity contribution in [1.29, 1.82) is 0 Å². The van der Waals surface area contributed by atoms with Gasteiger partial charge in [-0.1, -0.05) is 54.1 Å². The summed E-state index contributed by atoms with van der Waals surface area (Å²) in [5.74, 6) is -1.06. The topological polar surface area (TPSA) is 34.1 Å². The molecule has 0 aromatic heterocycles. The summed E-state index contributed by atoms with van der Waals surface area (Å²) in [7, 11) is 0. The largest absolute Gasteiger partial charge is 0.285 e. The number of carbonyl (C=O) groups is 2. The van der Waals surface area contributed by atoms with E-state index in [2.05, 4.69) is 0 Å². The average molecular weight is 245 g/mol. The van der Waals surface area contributed by atoms with Gasteiger partial charge in [0.2, 0.25) is 11.6 Å². The maximum atomic E-state index is 11.9. The molecule has 2 rings (SSSR count). The minimum absolute atomic E-state index is 0.311. The van der Waals surface area contributed by atoms with Gasteiger partial charge in [0.25, 0.3) is 0 Å². The first-order chi connectivity index (χ1) is 8.18. The molecule has 2 aromatic carbocycles. The molecular formula is C14H9ClO2. The van der Waals surface area contributed by atoms with Crippen molar-refractivity contribution >= 4 is 23.2 Å². The first kappa shape index (κ1) is 11.6. The number of rotatable bonds is 3. The van der Waals surface area contributed by atoms with Crippen molar-refractivity contribution in [3.8, 4) is 0 Å². The van der Waals surface area contributed by atoms with Gasteiger partial charge in [-0.25, -0.2) is 0 Å². The summed E-state index contributed by atoms with van der Waals surface area (Å²) in [6.07, 6.45) is 0. The van der Waals surface area contributed by atoms with Crippen LogP contribution in [0.3, 0.4) is 0 Å². The van der Waals surface area contributed by atoms with E-state index in [0.717, 1.165) is 0 Å². The van der Waals surface area contributed by atoms with Crippen LogP contribution in [-0.4, -0.2) is 11.6 Å². The van der Waals surface area contributed by atoms with Gasteiger partial charge in [-0.3, -0.25) is 9.59 Å². The lowest BCUT2D eigenvalue weighted by atomic mass is 10.0. The quantitative estimate of drug-likeness (QED) is 0.613. The molecule has 0 aliphatic heterocycles. The van der Waals surface area contributed by atoms with E-state index in [4.69, 9.17) is 11.6 Å². The molecule has 17 heavy (non-hydrogen) atoms. The van der Waals surface area contributed by atoms with Crippen LogP contribution >= 0.6 is 11.6 Å². The lowest BCUT2D eigenvalue weighted by Gasteiger charge is -2.00. The van der Waals surface area contributed by atoms with Crippen LogP contribution in [-0.2, 0) is 0 Å². The zero-order valence-electron chi connectivity index (χ0n) is 8.89. The van der Waals surface area contributed by atoms with Crippen LogP contribution < -0.4 is 0 Å². The SMILES string of the molecule is O=C(C(=O)c1cccc(Cl)c1)c1ccccc1. The van der Waals surface area contributed by atoms with Gasteiger partial charge in [0.1, 0.15) is 0 Å². The van der Waals surface area contributed by atoms with Crippen molar-refractivity contribution in [2.24, 2.45) is 0 Å². The van der Waals surface area contributed by atoms with Gasteiger partial charge in [0, 0.05) is 16.1 Å². The Hall–Kier alpha value is -1.93. The Bertz CT molecular complexity index is 561. The molecule has 0 spiro atoms. The third-order valence-corrected chi connectivity index (χ3v) is 2.56. The number of hydrogen-bond acceptors (Lipinski definition) is 2. The fraction of sp³-hybridized carbons (Fsp3) is 0. The van der Waals surface area contributed by atoms with Crippen LogP contribution in [0.25, 0.3) is 0 Å². The van der Waals surface area contributed by atoms with Crippen molar-refractivity contribution in [3.63, 3.8) is 0 Å². The number of halogens is 1. The first-order valence-electron chi connectivity index (χ1n) is 5.08. The highest BCUT2D eigenvalue weighted by molar-refractivity contribution is 6.49. The van der Waals surface area contributed by atoms with E-state index < -0.39 is 11.6 Å². The maximum Gasteiger partial charge on any atom is 0.233 e. The lowest BCUT2D eigenvalue weighted by molar-refractivity contribution is 0.0817. The van der Waals surface area contributed by atoms with Crippen LogP contribution in [0.5, 0.6) is 0 Å². The molecule has 0 saturated carbocycles. The summed E-state index contributed by atoms with van der Waals surface area (Å²) in [6, 6.07) is 14.8. The molecule has 0 aliphatic rings. The Morgan fingerprint density at radius 1 is 0.765 bits per heavy atom. The van der Waals surface area contributed by atoms with E-state index in [1.807, 2.05) is 0 Å². The van der Waals surface area contributed by atoms with Crippen LogP contribution in [0.1, 0.15) is 20.7 Å². The minimum atomic E-state index is -0.543. The zero-order chi connectivity index (χ0) is 12.3. The molecule has 0 amide bonds. The summed E-state index contributed by atoms with van der Waals surface area (Å²) < 4.78 is 0. The van der Waals surface area contributed by atoms with E-state index >= 15 is 0 Å². The van der Waals surface area contributed by atoms with Crippen molar-refractivity contribution in [1.82, 2.24) is 0 Å². The first-order valence-corrected chi connectivity index (χ1v) is 5.46. The highest BCUT2D eigenvalue weighted by atomic mass is 35.5. The van der Waals surface area contributed by atoms with Crippen LogP contribution in [0.15, 0.2) is 54.6 Å². The molecule has 0 atom stereocenters. The molecule has 0 bridgehead atoms. The van der Waals surface area contributed by atoms with Crippen molar-refractivity contribution in [2.45, 2.75) is 0 Å². The number of benzene rings is 2. The molecular weight excluding hydrogens is 236 g/mol. The van der Waals surface area contributed by atoms with Crippen LogP contribution in [0.4, 0.5) is 0 Å². The summed E-state index contributed by atoms with van der Waals surface area (Å²) in [5.41, 5.74) is 0.698. The van der Waals surface area contributed by atoms with E-state index in [0.29, 0.717) is 16.1 Å². The predicted molar refractivity (Wildman–Crippen MR) is 66.6 cm³/mol. The fourth-order valence-electron chi connectivity index (χ4n) is 1.48. The monoisotopic (exact) mass is 244 g/mol. The van der Waals surface area contributed by atoms with Crippen LogP contribution in [0.2, 0.25) is 5.02 Å². The third kappa shape index (κ3) is 2.60. The second-order valence-corrected chi connectivity index (χ2v) is 3.97. The van der Waals surface area contributed by atoms with Crippen molar-refractivity contribution < 1.29 is 9.59 Å². The van der Waals surface area contributed by atoms with Gasteiger partial charge in [0.05, 0.1) is 0 Å². The molecule has 0 unspecified atom stereocenters. The summed E-state index contributed by atoms with van der Waals surface area (Å²) in [4.78, 5) is 23.8. The van der Waals surface area contributed by atoms with Gasteiger partial charge in [0.15, 0.2) is 0 Å². The molecule has 0 aliphatic carbocycles. The van der Waals surface area contributed by atoms with Crippen LogP contribution in [0, 0.1) is 0 Å². The van der Waals surface area contributed by atoms with Gasteiger partial charge < -0.3 is 0 Å². The minimum Gasteiger partial charge on any atom is -0.285 e. The highest BCUT2D eigenvalue weighted by Crippen LogP contribution is 2.13. The van der Waals surface area contributed by atoms with Gasteiger partial charge in [-0.15, -0.1) is 0 Å². The second-order valence-electron chi connectivity index (χ2n) is 3.53. The number of ketones is 2. The number of Topliss-reactive ketones (excluding diaryl/α,β-unsaturated/α-hetero) is 2. The summed E-state index contributed by atoms with van der Waals surface area (Å²) in [6.45, 7) is 0. The van der Waals surface area contributed by atoms with Crippen molar-refractivity contribution in [3.05, 3.63) is 70.7 Å². The molecule has 0 N–H and O–H groups in total. The van der Waals surface area contributed by atoms with Gasteiger partial charge in [-0.2, -0.15) is 0 Å². The zero-order valence-corrected chi connectivity index (χ0v) is 9.65.